The molecule has 1 aromatic rings. The van der Waals surface area contributed by atoms with Crippen LogP contribution < -0.4 is 5.32 Å². The first-order valence-electron chi connectivity index (χ1n) is 9.83. The van der Waals surface area contributed by atoms with Gasteiger partial charge in [0.25, 0.3) is 0 Å². The Morgan fingerprint density at radius 1 is 1.32 bits per heavy atom. The van der Waals surface area contributed by atoms with Crippen molar-refractivity contribution in [3.8, 4) is 0 Å². The van der Waals surface area contributed by atoms with Crippen LogP contribution in [0.1, 0.15) is 32.8 Å². The smallest absolute Gasteiger partial charge is 0.193 e. The average molecular weight is 524 g/mol. The largest absolute Gasteiger partial charge is 0.382 e. The van der Waals surface area contributed by atoms with E-state index in [0.717, 1.165) is 49.2 Å². The molecule has 0 aromatic heterocycles. The van der Waals surface area contributed by atoms with E-state index >= 15 is 0 Å². The molecule has 1 saturated heterocycles. The van der Waals surface area contributed by atoms with Crippen molar-refractivity contribution in [1.82, 2.24) is 10.2 Å². The molecule has 1 fully saturated rings. The Labute approximate surface area is 192 Å². The Bertz CT molecular complexity index is 613. The zero-order valence-corrected chi connectivity index (χ0v) is 20.6. The van der Waals surface area contributed by atoms with Gasteiger partial charge in [0.1, 0.15) is 0 Å². The second-order valence-corrected chi connectivity index (χ2v) is 8.11. The Morgan fingerprint density at radius 2 is 2.07 bits per heavy atom. The molecule has 1 heterocycles. The number of methoxy groups -OCH3 is 1. The molecule has 1 unspecified atom stereocenters. The lowest BCUT2D eigenvalue weighted by Crippen LogP contribution is -2.41. The third-order valence-corrected chi connectivity index (χ3v) is 5.26. The number of halogens is 2. The van der Waals surface area contributed by atoms with Crippen LogP contribution in [-0.2, 0) is 14.9 Å². The van der Waals surface area contributed by atoms with Gasteiger partial charge in [0.15, 0.2) is 5.96 Å². The van der Waals surface area contributed by atoms with Crippen molar-refractivity contribution in [3.63, 3.8) is 0 Å². The third-order valence-electron chi connectivity index (χ3n) is 4.93. The van der Waals surface area contributed by atoms with Crippen molar-refractivity contribution in [3.05, 3.63) is 34.9 Å². The molecule has 5 nitrogen and oxygen atoms in total. The van der Waals surface area contributed by atoms with Crippen LogP contribution in [0.3, 0.4) is 0 Å². The quantitative estimate of drug-likeness (QED) is 0.228. The minimum absolute atomic E-state index is 0. The molecule has 160 valence electrons. The summed E-state index contributed by atoms with van der Waals surface area (Å²) >= 11 is 6.41. The number of aliphatic imine (C=N–C) groups is 1. The average Bonchev–Trinajstić information content (AvgIpc) is 3.11. The van der Waals surface area contributed by atoms with Gasteiger partial charge in [0.05, 0.1) is 26.4 Å². The lowest BCUT2D eigenvalue weighted by molar-refractivity contribution is 0.0536. The second kappa shape index (κ2) is 12.9. The summed E-state index contributed by atoms with van der Waals surface area (Å²) in [5.74, 6) is 1.53. The molecule has 1 aromatic carbocycles. The predicted octanol–water partition coefficient (Wildman–Crippen LogP) is 4.19. The molecule has 0 saturated carbocycles. The summed E-state index contributed by atoms with van der Waals surface area (Å²) in [4.78, 5) is 7.28. The van der Waals surface area contributed by atoms with Gasteiger partial charge in [0, 0.05) is 43.1 Å². The summed E-state index contributed by atoms with van der Waals surface area (Å²) in [6, 6.07) is 8.04. The number of ether oxygens (including phenoxy) is 2. The van der Waals surface area contributed by atoms with Crippen LogP contribution >= 0.6 is 35.6 Å². The second-order valence-electron chi connectivity index (χ2n) is 7.70. The fraction of sp³-hybridized carbons (Fsp3) is 0.667. The fourth-order valence-electron chi connectivity index (χ4n) is 3.35. The van der Waals surface area contributed by atoms with Crippen LogP contribution in [0.15, 0.2) is 29.3 Å². The van der Waals surface area contributed by atoms with Crippen LogP contribution in [0.2, 0.25) is 5.02 Å². The zero-order chi connectivity index (χ0) is 19.7. The number of nitrogens with one attached hydrogen (secondary N) is 1. The van der Waals surface area contributed by atoms with Crippen LogP contribution in [0.5, 0.6) is 0 Å². The molecule has 0 radical (unpaired) electrons. The molecular weight excluding hydrogens is 489 g/mol. The van der Waals surface area contributed by atoms with Crippen molar-refractivity contribution in [2.45, 2.75) is 32.6 Å². The van der Waals surface area contributed by atoms with E-state index in [9.17, 15) is 0 Å². The highest BCUT2D eigenvalue weighted by molar-refractivity contribution is 14.0. The van der Waals surface area contributed by atoms with E-state index in [1.54, 1.807) is 7.11 Å². The molecule has 1 atom stereocenters. The van der Waals surface area contributed by atoms with E-state index in [1.807, 2.05) is 18.2 Å². The van der Waals surface area contributed by atoms with Crippen LogP contribution in [-0.4, -0.2) is 64.0 Å². The molecule has 1 aliphatic rings. The Hall–Kier alpha value is -0.570. The van der Waals surface area contributed by atoms with Gasteiger partial charge in [-0.05, 0) is 25.0 Å². The summed E-state index contributed by atoms with van der Waals surface area (Å²) in [6.45, 7) is 12.1. The highest BCUT2D eigenvalue weighted by Gasteiger charge is 2.27. The molecule has 1 aliphatic heterocycles. The number of nitrogens with zero attached hydrogens (tertiary/aromatic N) is 2. The number of likely N-dealkylation sites (tertiary alicyclic amines) is 1. The van der Waals surface area contributed by atoms with Gasteiger partial charge in [-0.3, -0.25) is 4.99 Å². The van der Waals surface area contributed by atoms with Crippen molar-refractivity contribution in [2.24, 2.45) is 10.9 Å². The van der Waals surface area contributed by atoms with Gasteiger partial charge in [0.2, 0.25) is 0 Å². The third kappa shape index (κ3) is 7.69. The lowest BCUT2D eigenvalue weighted by Gasteiger charge is -2.27. The number of benzene rings is 1. The zero-order valence-electron chi connectivity index (χ0n) is 17.5. The molecule has 0 bridgehead atoms. The van der Waals surface area contributed by atoms with Crippen molar-refractivity contribution in [1.29, 1.82) is 0 Å². The highest BCUT2D eigenvalue weighted by atomic mass is 127. The normalized spacial score (nSPS) is 17.5. The van der Waals surface area contributed by atoms with Crippen molar-refractivity contribution >= 4 is 41.5 Å². The number of guanidine groups is 1. The summed E-state index contributed by atoms with van der Waals surface area (Å²) in [5, 5.41) is 4.25. The molecule has 1 N–H and O–H groups in total. The Balaban J connectivity index is 0.00000392. The van der Waals surface area contributed by atoms with Gasteiger partial charge >= 0.3 is 0 Å². The first-order chi connectivity index (χ1) is 13.0. The van der Waals surface area contributed by atoms with Crippen LogP contribution in [0, 0.1) is 5.92 Å². The van der Waals surface area contributed by atoms with Gasteiger partial charge in [-0.15, -0.1) is 24.0 Å². The molecule has 28 heavy (non-hydrogen) atoms. The van der Waals surface area contributed by atoms with Gasteiger partial charge < -0.3 is 19.7 Å². The standard InChI is InChI=1S/C21H34ClN3O2.HI/c1-5-23-20(25-11-10-17(14-25)15-27-13-12-26-4)24-16-21(2,3)18-8-6-7-9-19(18)22;/h6-9,17H,5,10-16H2,1-4H3,(H,23,24);1H. The van der Waals surface area contributed by atoms with E-state index in [2.05, 4.69) is 37.1 Å². The molecule has 2 rings (SSSR count). The molecular formula is C21H35ClIN3O2. The molecule has 7 heteroatoms. The maximum Gasteiger partial charge on any atom is 0.193 e. The summed E-state index contributed by atoms with van der Waals surface area (Å²) in [6.07, 6.45) is 1.13. The number of hydrogen-bond acceptors (Lipinski definition) is 3. The minimum Gasteiger partial charge on any atom is -0.382 e. The topological polar surface area (TPSA) is 46.1 Å². The highest BCUT2D eigenvalue weighted by Crippen LogP contribution is 2.30. The monoisotopic (exact) mass is 523 g/mol. The summed E-state index contributed by atoms with van der Waals surface area (Å²) in [5.41, 5.74) is 1.01. The molecule has 0 amide bonds. The number of rotatable bonds is 9. The van der Waals surface area contributed by atoms with Crippen molar-refractivity contribution in [2.75, 3.05) is 53.1 Å². The maximum absolute atomic E-state index is 6.41. The van der Waals surface area contributed by atoms with E-state index in [0.29, 0.717) is 25.7 Å². The fourth-order valence-corrected chi connectivity index (χ4v) is 3.74. The van der Waals surface area contributed by atoms with Crippen LogP contribution in [0.4, 0.5) is 0 Å². The van der Waals surface area contributed by atoms with Gasteiger partial charge in [-0.2, -0.15) is 0 Å². The Kier molecular flexibility index (Phi) is 11.7. The minimum atomic E-state index is -0.124. The van der Waals surface area contributed by atoms with E-state index < -0.39 is 0 Å². The van der Waals surface area contributed by atoms with Crippen molar-refractivity contribution < 1.29 is 9.47 Å². The molecule has 0 aliphatic carbocycles. The SMILES string of the molecule is CCNC(=NCC(C)(C)c1ccccc1Cl)N1CCC(COCCOC)C1.I. The van der Waals surface area contributed by atoms with E-state index in [-0.39, 0.29) is 29.4 Å². The summed E-state index contributed by atoms with van der Waals surface area (Å²) in [7, 11) is 1.70. The van der Waals surface area contributed by atoms with Gasteiger partial charge in [-0.1, -0.05) is 43.6 Å². The summed E-state index contributed by atoms with van der Waals surface area (Å²) < 4.78 is 10.7. The number of hydrogen-bond donors (Lipinski definition) is 1. The van der Waals surface area contributed by atoms with E-state index in [1.165, 1.54) is 0 Å². The predicted molar refractivity (Wildman–Crippen MR) is 128 cm³/mol. The first kappa shape index (κ1) is 25.5. The first-order valence-corrected chi connectivity index (χ1v) is 10.2. The maximum atomic E-state index is 6.41. The lowest BCUT2D eigenvalue weighted by atomic mass is 9.85. The Morgan fingerprint density at radius 3 is 2.75 bits per heavy atom. The molecule has 0 spiro atoms. The van der Waals surface area contributed by atoms with Gasteiger partial charge in [-0.25, -0.2) is 0 Å². The van der Waals surface area contributed by atoms with E-state index in [4.69, 9.17) is 26.1 Å². The van der Waals surface area contributed by atoms with Crippen LogP contribution in [0.25, 0.3) is 0 Å².